The zero-order valence-electron chi connectivity index (χ0n) is 18.2. The van der Waals surface area contributed by atoms with Crippen molar-refractivity contribution in [3.05, 3.63) is 77.2 Å². The lowest BCUT2D eigenvalue weighted by molar-refractivity contribution is 0.122. The van der Waals surface area contributed by atoms with Crippen LogP contribution in [0.1, 0.15) is 31.9 Å². The lowest BCUT2D eigenvalue weighted by Crippen LogP contribution is -2.36. The average molecular weight is 453 g/mol. The van der Waals surface area contributed by atoms with Gasteiger partial charge in [-0.2, -0.15) is 4.40 Å². The second-order valence-corrected chi connectivity index (χ2v) is 11.3. The number of nitrogens with zero attached hydrogens (tertiary/aromatic N) is 2. The van der Waals surface area contributed by atoms with Crippen molar-refractivity contribution in [2.75, 3.05) is 31.2 Å². The van der Waals surface area contributed by atoms with Crippen molar-refractivity contribution in [3.63, 3.8) is 0 Å². The highest BCUT2D eigenvalue weighted by Crippen LogP contribution is 2.29. The van der Waals surface area contributed by atoms with Crippen molar-refractivity contribution < 1.29 is 8.95 Å². The molecule has 2 aromatic carbocycles. The van der Waals surface area contributed by atoms with Gasteiger partial charge in [0, 0.05) is 40.2 Å². The van der Waals surface area contributed by atoms with E-state index in [4.69, 9.17) is 9.13 Å². The molecule has 1 aliphatic rings. The minimum Gasteiger partial charge on any atom is -0.378 e. The molecule has 1 aromatic heterocycles. The quantitative estimate of drug-likeness (QED) is 0.477. The van der Waals surface area contributed by atoms with Gasteiger partial charge in [0.15, 0.2) is 0 Å². The summed E-state index contributed by atoms with van der Waals surface area (Å²) in [6.07, 6.45) is 0. The second kappa shape index (κ2) is 9.47. The first kappa shape index (κ1) is 21.9. The molecule has 0 amide bonds. The first-order chi connectivity index (χ1) is 14.9. The van der Waals surface area contributed by atoms with E-state index in [1.165, 1.54) is 16.1 Å². The van der Waals surface area contributed by atoms with Crippen LogP contribution in [0.3, 0.4) is 0 Å². The van der Waals surface area contributed by atoms with Crippen molar-refractivity contribution in [2.24, 2.45) is 4.40 Å². The lowest BCUT2D eigenvalue weighted by Gasteiger charge is -2.29. The minimum atomic E-state index is -1.35. The summed E-state index contributed by atoms with van der Waals surface area (Å²) >= 11 is 1.68. The van der Waals surface area contributed by atoms with E-state index in [0.717, 1.165) is 43.1 Å². The molecule has 2 heterocycles. The Balaban J connectivity index is 1.69. The predicted molar refractivity (Wildman–Crippen MR) is 133 cm³/mol. The van der Waals surface area contributed by atoms with Gasteiger partial charge in [-0.3, -0.25) is 0 Å². The molecule has 1 atom stereocenters. The molecule has 0 N–H and O–H groups in total. The van der Waals surface area contributed by atoms with Crippen LogP contribution < -0.4 is 4.90 Å². The Morgan fingerprint density at radius 3 is 2.32 bits per heavy atom. The number of rotatable bonds is 5. The number of hydrogen-bond donors (Lipinski definition) is 0. The maximum absolute atomic E-state index is 12.9. The third-order valence-corrected chi connectivity index (χ3v) is 7.52. The van der Waals surface area contributed by atoms with E-state index in [9.17, 15) is 4.21 Å². The van der Waals surface area contributed by atoms with Gasteiger partial charge in [-0.1, -0.05) is 42.5 Å². The van der Waals surface area contributed by atoms with E-state index in [-0.39, 0.29) is 0 Å². The monoisotopic (exact) mass is 452 g/mol. The Morgan fingerprint density at radius 2 is 1.68 bits per heavy atom. The molecule has 0 saturated carbocycles. The maximum Gasteiger partial charge on any atom is 0.145 e. The molecule has 1 aliphatic heterocycles. The normalized spacial score (nSPS) is 16.4. The highest BCUT2D eigenvalue weighted by Gasteiger charge is 2.22. The van der Waals surface area contributed by atoms with Gasteiger partial charge in [0.05, 0.1) is 23.7 Å². The third-order valence-electron chi connectivity index (χ3n) is 5.15. The third kappa shape index (κ3) is 5.32. The number of anilines is 1. The molecule has 0 aliphatic carbocycles. The van der Waals surface area contributed by atoms with Crippen molar-refractivity contribution in [3.8, 4) is 10.4 Å². The van der Waals surface area contributed by atoms with Crippen molar-refractivity contribution in [1.29, 1.82) is 0 Å². The average Bonchev–Trinajstić information content (AvgIpc) is 3.28. The zero-order chi connectivity index (χ0) is 21.8. The number of thiophene rings is 1. The minimum absolute atomic E-state index is 0.419. The summed E-state index contributed by atoms with van der Waals surface area (Å²) < 4.78 is 22.7. The number of morpholine rings is 1. The van der Waals surface area contributed by atoms with Gasteiger partial charge in [-0.15, -0.1) is 11.3 Å². The van der Waals surface area contributed by atoms with E-state index < -0.39 is 15.7 Å². The number of ether oxygens (including phenoxy) is 1. The molecule has 162 valence electrons. The first-order valence-corrected chi connectivity index (χ1v) is 12.5. The van der Waals surface area contributed by atoms with Gasteiger partial charge < -0.3 is 9.64 Å². The predicted octanol–water partition coefficient (Wildman–Crippen LogP) is 5.55. The molecule has 1 unspecified atom stereocenters. The molecular formula is C25H28N2O2S2. The lowest BCUT2D eigenvalue weighted by atomic mass is 10.0. The fourth-order valence-electron chi connectivity index (χ4n) is 3.36. The number of benzene rings is 2. The smallest absolute Gasteiger partial charge is 0.145 e. The standard InChI is InChI=1S/C25H28N2O2S2/c1-25(2,3)31(28)26-24(21-17-23(30-18-21)19-7-5-4-6-8-19)20-9-11-22(12-10-20)27-13-15-29-16-14-27/h4-12,17-18H,13-16H2,1-3H3. The summed E-state index contributed by atoms with van der Waals surface area (Å²) in [6, 6.07) is 20.9. The van der Waals surface area contributed by atoms with E-state index in [2.05, 4.69) is 52.7 Å². The van der Waals surface area contributed by atoms with Crippen molar-refractivity contribution in [1.82, 2.24) is 0 Å². The Hall–Kier alpha value is -2.28. The Morgan fingerprint density at radius 1 is 1.00 bits per heavy atom. The highest BCUT2D eigenvalue weighted by atomic mass is 32.2. The molecular weight excluding hydrogens is 424 g/mol. The molecule has 0 spiro atoms. The first-order valence-electron chi connectivity index (χ1n) is 10.5. The molecule has 6 heteroatoms. The van der Waals surface area contributed by atoms with Gasteiger partial charge in [0.25, 0.3) is 0 Å². The fraction of sp³-hybridized carbons (Fsp3) is 0.320. The van der Waals surface area contributed by atoms with Crippen LogP contribution in [0.15, 0.2) is 70.4 Å². The summed E-state index contributed by atoms with van der Waals surface area (Å²) in [5.41, 5.74) is 5.11. The van der Waals surface area contributed by atoms with Crippen LogP contribution >= 0.6 is 11.3 Å². The Bertz CT molecular complexity index is 1060. The van der Waals surface area contributed by atoms with Gasteiger partial charge in [-0.05, 0) is 44.5 Å². The molecule has 4 nitrogen and oxygen atoms in total. The SMILES string of the molecule is CC(C)(C)S(=O)N=C(c1ccc(N2CCOCC2)cc1)c1csc(-c2ccccc2)c1. The fourth-order valence-corrected chi connectivity index (χ4v) is 4.91. The van der Waals surface area contributed by atoms with Gasteiger partial charge in [-0.25, -0.2) is 4.21 Å². The molecule has 4 rings (SSSR count). The molecule has 0 bridgehead atoms. The van der Waals surface area contributed by atoms with Gasteiger partial charge >= 0.3 is 0 Å². The van der Waals surface area contributed by atoms with Crippen LogP contribution in [0, 0.1) is 0 Å². The summed E-state index contributed by atoms with van der Waals surface area (Å²) in [4.78, 5) is 3.50. The summed E-state index contributed by atoms with van der Waals surface area (Å²) in [7, 11) is -1.35. The molecule has 0 radical (unpaired) electrons. The van der Waals surface area contributed by atoms with Gasteiger partial charge in [0.1, 0.15) is 11.0 Å². The van der Waals surface area contributed by atoms with Gasteiger partial charge in [0.2, 0.25) is 0 Å². The summed E-state index contributed by atoms with van der Waals surface area (Å²) in [5, 5.41) is 2.11. The van der Waals surface area contributed by atoms with E-state index in [1.807, 2.05) is 39.0 Å². The van der Waals surface area contributed by atoms with Crippen LogP contribution in [0.2, 0.25) is 0 Å². The van der Waals surface area contributed by atoms with E-state index in [1.54, 1.807) is 11.3 Å². The second-order valence-electron chi connectivity index (χ2n) is 8.51. The topological polar surface area (TPSA) is 41.9 Å². The zero-order valence-corrected chi connectivity index (χ0v) is 19.8. The maximum atomic E-state index is 12.9. The largest absolute Gasteiger partial charge is 0.378 e. The molecule has 31 heavy (non-hydrogen) atoms. The van der Waals surface area contributed by atoms with Crippen LogP contribution in [0.25, 0.3) is 10.4 Å². The Kier molecular flexibility index (Phi) is 6.70. The van der Waals surface area contributed by atoms with Crippen molar-refractivity contribution >= 4 is 33.7 Å². The highest BCUT2D eigenvalue weighted by molar-refractivity contribution is 7.85. The number of hydrogen-bond acceptors (Lipinski definition) is 4. The molecule has 1 fully saturated rings. The van der Waals surface area contributed by atoms with E-state index >= 15 is 0 Å². The Labute approximate surface area is 191 Å². The van der Waals surface area contributed by atoms with Crippen LogP contribution in [0.5, 0.6) is 0 Å². The summed E-state index contributed by atoms with van der Waals surface area (Å²) in [5.74, 6) is 0. The van der Waals surface area contributed by atoms with E-state index in [0.29, 0.717) is 0 Å². The summed E-state index contributed by atoms with van der Waals surface area (Å²) in [6.45, 7) is 9.18. The van der Waals surface area contributed by atoms with Crippen LogP contribution in [0.4, 0.5) is 5.69 Å². The van der Waals surface area contributed by atoms with Crippen molar-refractivity contribution in [2.45, 2.75) is 25.5 Å². The van der Waals surface area contributed by atoms with Crippen LogP contribution in [-0.2, 0) is 15.7 Å². The van der Waals surface area contributed by atoms with Crippen LogP contribution in [-0.4, -0.2) is 41.0 Å². The molecule has 3 aromatic rings. The molecule has 1 saturated heterocycles.